The van der Waals surface area contributed by atoms with Gasteiger partial charge in [-0.3, -0.25) is 4.79 Å². The number of hydrogen-bond donors (Lipinski definition) is 2. The van der Waals surface area contributed by atoms with E-state index in [4.69, 9.17) is 0 Å². The van der Waals surface area contributed by atoms with Gasteiger partial charge in [0.05, 0.1) is 18.4 Å². The first-order valence-corrected chi connectivity index (χ1v) is 5.24. The molecule has 80 valence electrons. The molecule has 5 heteroatoms. The second-order valence-corrected chi connectivity index (χ2v) is 3.65. The molecule has 0 atom stereocenters. The molecule has 0 saturated carbocycles. The number of carbonyl (C=O) groups excluding carboxylic acids is 1. The smallest absolute Gasteiger partial charge is 0.238 e. The lowest BCUT2D eigenvalue weighted by Gasteiger charge is -2.04. The Morgan fingerprint density at radius 2 is 2.40 bits per heavy atom. The van der Waals surface area contributed by atoms with E-state index >= 15 is 0 Å². The Morgan fingerprint density at radius 3 is 3.00 bits per heavy atom. The molecule has 1 aromatic heterocycles. The summed E-state index contributed by atoms with van der Waals surface area (Å²) in [7, 11) is 0. The molecule has 4 nitrogen and oxygen atoms in total. The van der Waals surface area contributed by atoms with Crippen molar-refractivity contribution < 1.29 is 4.79 Å². The van der Waals surface area contributed by atoms with Crippen LogP contribution in [-0.4, -0.2) is 24.0 Å². The zero-order valence-corrected chi connectivity index (χ0v) is 9.75. The molecular formula is C10H12BrN3O. The average molecular weight is 270 g/mol. The Kier molecular flexibility index (Phi) is 5.00. The van der Waals surface area contributed by atoms with Crippen molar-refractivity contribution in [2.45, 2.75) is 0 Å². The number of anilines is 1. The van der Waals surface area contributed by atoms with Gasteiger partial charge in [-0.1, -0.05) is 6.08 Å². The van der Waals surface area contributed by atoms with Crippen LogP contribution in [0.1, 0.15) is 0 Å². The van der Waals surface area contributed by atoms with Crippen LogP contribution in [0.25, 0.3) is 0 Å². The van der Waals surface area contributed by atoms with Gasteiger partial charge >= 0.3 is 0 Å². The number of pyridine rings is 1. The molecule has 1 amide bonds. The van der Waals surface area contributed by atoms with Crippen LogP contribution in [0.3, 0.4) is 0 Å². The summed E-state index contributed by atoms with van der Waals surface area (Å²) < 4.78 is 0.741. The highest BCUT2D eigenvalue weighted by atomic mass is 79.9. The third kappa shape index (κ3) is 4.71. The van der Waals surface area contributed by atoms with Gasteiger partial charge < -0.3 is 10.6 Å². The van der Waals surface area contributed by atoms with E-state index in [-0.39, 0.29) is 12.5 Å². The summed E-state index contributed by atoms with van der Waals surface area (Å²) >= 11 is 3.22. The van der Waals surface area contributed by atoms with Crippen LogP contribution < -0.4 is 10.6 Å². The highest BCUT2D eigenvalue weighted by Gasteiger charge is 2.00. The van der Waals surface area contributed by atoms with Gasteiger partial charge in [0, 0.05) is 6.54 Å². The minimum Gasteiger partial charge on any atom is -0.324 e. The zero-order chi connectivity index (χ0) is 11.1. The molecule has 2 N–H and O–H groups in total. The molecular weight excluding hydrogens is 258 g/mol. The van der Waals surface area contributed by atoms with Crippen molar-refractivity contribution in [1.82, 2.24) is 10.3 Å². The van der Waals surface area contributed by atoms with Crippen LogP contribution in [0, 0.1) is 0 Å². The molecule has 0 bridgehead atoms. The van der Waals surface area contributed by atoms with Gasteiger partial charge in [-0.25, -0.2) is 4.98 Å². The van der Waals surface area contributed by atoms with E-state index in [2.05, 4.69) is 38.1 Å². The van der Waals surface area contributed by atoms with Gasteiger partial charge in [-0.15, -0.1) is 6.58 Å². The Morgan fingerprint density at radius 1 is 1.60 bits per heavy atom. The second kappa shape index (κ2) is 6.31. The van der Waals surface area contributed by atoms with Crippen molar-refractivity contribution >= 4 is 27.5 Å². The Balaban J connectivity index is 2.37. The van der Waals surface area contributed by atoms with Crippen molar-refractivity contribution in [2.75, 3.05) is 18.4 Å². The number of nitrogens with one attached hydrogen (secondary N) is 2. The lowest BCUT2D eigenvalue weighted by atomic mass is 10.4. The van der Waals surface area contributed by atoms with E-state index in [0.29, 0.717) is 12.2 Å². The summed E-state index contributed by atoms with van der Waals surface area (Å²) in [5.74, 6) is -0.0963. The van der Waals surface area contributed by atoms with Crippen molar-refractivity contribution in [3.05, 3.63) is 35.6 Å². The first-order chi connectivity index (χ1) is 7.22. The van der Waals surface area contributed by atoms with E-state index in [1.807, 2.05) is 0 Å². The van der Waals surface area contributed by atoms with E-state index in [1.165, 1.54) is 0 Å². The Hall–Kier alpha value is -1.20. The number of rotatable bonds is 5. The third-order valence-corrected chi connectivity index (χ3v) is 2.05. The van der Waals surface area contributed by atoms with Gasteiger partial charge in [-0.05, 0) is 28.1 Å². The number of hydrogen-bond acceptors (Lipinski definition) is 3. The summed E-state index contributed by atoms with van der Waals surface area (Å²) in [5, 5.41) is 5.62. The maximum absolute atomic E-state index is 11.3. The van der Waals surface area contributed by atoms with Crippen molar-refractivity contribution in [1.29, 1.82) is 0 Å². The number of aromatic nitrogens is 1. The summed E-state index contributed by atoms with van der Waals surface area (Å²) in [6, 6.07) is 3.55. The summed E-state index contributed by atoms with van der Waals surface area (Å²) in [4.78, 5) is 15.3. The standard InChI is InChI=1S/C10H12BrN3O/c1-2-5-12-7-10(15)14-8-3-4-9(11)13-6-8/h2-4,6,12H,1,5,7H2,(H,14,15). The fourth-order valence-corrected chi connectivity index (χ4v) is 1.18. The van der Waals surface area contributed by atoms with Crippen LogP contribution in [0.5, 0.6) is 0 Å². The second-order valence-electron chi connectivity index (χ2n) is 2.84. The van der Waals surface area contributed by atoms with Crippen LogP contribution in [0.15, 0.2) is 35.6 Å². The molecule has 0 aliphatic rings. The fraction of sp³-hybridized carbons (Fsp3) is 0.200. The quantitative estimate of drug-likeness (QED) is 0.485. The Bertz CT molecular complexity index is 337. The molecule has 0 aliphatic heterocycles. The molecule has 1 aromatic rings. The van der Waals surface area contributed by atoms with Gasteiger partial charge in [0.15, 0.2) is 0 Å². The predicted molar refractivity (Wildman–Crippen MR) is 63.6 cm³/mol. The first-order valence-electron chi connectivity index (χ1n) is 4.45. The molecule has 1 heterocycles. The molecule has 1 rings (SSSR count). The monoisotopic (exact) mass is 269 g/mol. The average Bonchev–Trinajstić information content (AvgIpc) is 2.22. The lowest BCUT2D eigenvalue weighted by molar-refractivity contribution is -0.115. The lowest BCUT2D eigenvalue weighted by Crippen LogP contribution is -2.28. The van der Waals surface area contributed by atoms with E-state index in [9.17, 15) is 4.79 Å². The van der Waals surface area contributed by atoms with E-state index < -0.39 is 0 Å². The molecule has 0 fully saturated rings. The van der Waals surface area contributed by atoms with Crippen LogP contribution >= 0.6 is 15.9 Å². The van der Waals surface area contributed by atoms with Crippen LogP contribution in [0.2, 0.25) is 0 Å². The summed E-state index contributed by atoms with van der Waals surface area (Å²) in [6.07, 6.45) is 3.30. The molecule has 0 saturated heterocycles. The van der Waals surface area contributed by atoms with Crippen molar-refractivity contribution in [2.24, 2.45) is 0 Å². The van der Waals surface area contributed by atoms with Gasteiger partial charge in [0.25, 0.3) is 0 Å². The van der Waals surface area contributed by atoms with Crippen LogP contribution in [0.4, 0.5) is 5.69 Å². The number of amides is 1. The summed E-state index contributed by atoms with van der Waals surface area (Å²) in [5.41, 5.74) is 0.684. The topological polar surface area (TPSA) is 54.0 Å². The maximum Gasteiger partial charge on any atom is 0.238 e. The number of nitrogens with zero attached hydrogens (tertiary/aromatic N) is 1. The molecule has 0 radical (unpaired) electrons. The van der Waals surface area contributed by atoms with Gasteiger partial charge in [-0.2, -0.15) is 0 Å². The largest absolute Gasteiger partial charge is 0.324 e. The molecule has 0 unspecified atom stereocenters. The highest BCUT2D eigenvalue weighted by molar-refractivity contribution is 9.10. The predicted octanol–water partition coefficient (Wildman–Crippen LogP) is 1.56. The minimum absolute atomic E-state index is 0.0963. The molecule has 0 aliphatic carbocycles. The van der Waals surface area contributed by atoms with Crippen LogP contribution in [-0.2, 0) is 4.79 Å². The normalized spacial score (nSPS) is 9.67. The SMILES string of the molecule is C=CCNCC(=O)Nc1ccc(Br)nc1. The highest BCUT2D eigenvalue weighted by Crippen LogP contribution is 2.09. The van der Waals surface area contributed by atoms with E-state index in [1.54, 1.807) is 24.4 Å². The number of carbonyl (C=O) groups is 1. The molecule has 0 spiro atoms. The molecule has 15 heavy (non-hydrogen) atoms. The third-order valence-electron chi connectivity index (χ3n) is 1.59. The minimum atomic E-state index is -0.0963. The first kappa shape index (κ1) is 11.9. The molecule has 0 aromatic carbocycles. The van der Waals surface area contributed by atoms with Gasteiger partial charge in [0.1, 0.15) is 4.60 Å². The zero-order valence-electron chi connectivity index (χ0n) is 8.16. The van der Waals surface area contributed by atoms with Crippen molar-refractivity contribution in [3.63, 3.8) is 0 Å². The van der Waals surface area contributed by atoms with Crippen molar-refractivity contribution in [3.8, 4) is 0 Å². The number of halogens is 1. The maximum atomic E-state index is 11.3. The van der Waals surface area contributed by atoms with E-state index in [0.717, 1.165) is 4.60 Å². The summed E-state index contributed by atoms with van der Waals surface area (Å²) in [6.45, 7) is 4.42. The fourth-order valence-electron chi connectivity index (χ4n) is 0.943. The Labute approximate surface area is 96.9 Å². The van der Waals surface area contributed by atoms with Gasteiger partial charge in [0.2, 0.25) is 5.91 Å².